The number of halogens is 3. The third-order valence-electron chi connectivity index (χ3n) is 5.84. The third-order valence-corrected chi connectivity index (χ3v) is 5.84. The summed E-state index contributed by atoms with van der Waals surface area (Å²) in [4.78, 5) is 30.7. The molecule has 4 rings (SSSR count). The molecule has 1 amide bonds. The standard InChI is InChI=1S/C26H29F3N6O3/c1-15(19-8-6-17(12-31-19)18-7-9-21(32-13-18)26(27,28)29)33-23-30-11-10-22(34-23)35-20(14-37-24(35)36)16(2)38-25(3,4)5/h6-13,15-16,20H,14H2,1-5H3,(H,30,33,34)/t15-,16+,20+/m0/s1. The number of anilines is 2. The lowest BCUT2D eigenvalue weighted by Gasteiger charge is -2.31. The molecule has 0 saturated carbocycles. The molecule has 4 heterocycles. The molecule has 3 aromatic heterocycles. The van der Waals surface area contributed by atoms with Gasteiger partial charge in [-0.1, -0.05) is 12.1 Å². The van der Waals surface area contributed by atoms with Crippen molar-refractivity contribution in [1.82, 2.24) is 19.9 Å². The molecule has 0 radical (unpaired) electrons. The zero-order chi connectivity index (χ0) is 27.7. The van der Waals surface area contributed by atoms with Gasteiger partial charge in [-0.05, 0) is 52.8 Å². The second kappa shape index (κ2) is 10.5. The number of hydrogen-bond acceptors (Lipinski definition) is 8. The largest absolute Gasteiger partial charge is 0.447 e. The Bertz CT molecular complexity index is 1260. The number of hydrogen-bond donors (Lipinski definition) is 1. The number of alkyl halides is 3. The quantitative estimate of drug-likeness (QED) is 0.418. The number of nitrogens with zero attached hydrogens (tertiary/aromatic N) is 5. The molecular weight excluding hydrogens is 501 g/mol. The maximum absolute atomic E-state index is 12.8. The molecule has 1 saturated heterocycles. The smallest absolute Gasteiger partial charge is 0.433 e. The normalized spacial score (nSPS) is 17.7. The van der Waals surface area contributed by atoms with E-state index in [4.69, 9.17) is 9.47 Å². The lowest BCUT2D eigenvalue weighted by Crippen LogP contribution is -2.45. The lowest BCUT2D eigenvalue weighted by molar-refractivity contribution is -0.141. The van der Waals surface area contributed by atoms with E-state index in [0.717, 1.165) is 6.07 Å². The first-order valence-electron chi connectivity index (χ1n) is 12.0. The SMILES string of the molecule is C[C@H](Nc1nccc(N2C(=O)OC[C@@H]2[C@@H](C)OC(C)(C)C)n1)c1ccc(-c2ccc(C(F)(F)F)nc2)cn1. The predicted octanol–water partition coefficient (Wildman–Crippen LogP) is 5.65. The Labute approximate surface area is 218 Å². The van der Waals surface area contributed by atoms with Gasteiger partial charge in [-0.25, -0.2) is 9.78 Å². The van der Waals surface area contributed by atoms with Crippen LogP contribution >= 0.6 is 0 Å². The number of nitrogens with one attached hydrogen (secondary N) is 1. The second-order valence-corrected chi connectivity index (χ2v) is 9.96. The summed E-state index contributed by atoms with van der Waals surface area (Å²) in [5.41, 5.74) is 0.468. The Hall–Kier alpha value is -3.80. The van der Waals surface area contributed by atoms with E-state index in [1.54, 1.807) is 30.6 Å². The van der Waals surface area contributed by atoms with E-state index in [1.807, 2.05) is 34.6 Å². The molecule has 1 aliphatic rings. The molecule has 0 aliphatic carbocycles. The monoisotopic (exact) mass is 530 g/mol. The zero-order valence-corrected chi connectivity index (χ0v) is 21.7. The van der Waals surface area contributed by atoms with Crippen LogP contribution in [0.3, 0.4) is 0 Å². The molecular formula is C26H29F3N6O3. The minimum Gasteiger partial charge on any atom is -0.447 e. The van der Waals surface area contributed by atoms with Gasteiger partial charge in [0.1, 0.15) is 24.2 Å². The molecule has 1 N–H and O–H groups in total. The summed E-state index contributed by atoms with van der Waals surface area (Å²) in [6.45, 7) is 9.78. The Morgan fingerprint density at radius 1 is 1.03 bits per heavy atom. The fourth-order valence-electron chi connectivity index (χ4n) is 4.07. The maximum atomic E-state index is 12.8. The van der Waals surface area contributed by atoms with E-state index < -0.39 is 23.6 Å². The van der Waals surface area contributed by atoms with Crippen LogP contribution in [0, 0.1) is 0 Å². The van der Waals surface area contributed by atoms with Gasteiger partial charge in [0.25, 0.3) is 0 Å². The van der Waals surface area contributed by atoms with Gasteiger partial charge in [0, 0.05) is 29.7 Å². The summed E-state index contributed by atoms with van der Waals surface area (Å²) >= 11 is 0. The minimum atomic E-state index is -4.49. The first kappa shape index (κ1) is 27.2. The Morgan fingerprint density at radius 2 is 1.71 bits per heavy atom. The van der Waals surface area contributed by atoms with Crippen LogP contribution in [0.1, 0.15) is 52.0 Å². The Morgan fingerprint density at radius 3 is 2.29 bits per heavy atom. The van der Waals surface area contributed by atoms with E-state index in [1.165, 1.54) is 17.2 Å². The number of ether oxygens (including phenoxy) is 2. The molecule has 0 aromatic carbocycles. The summed E-state index contributed by atoms with van der Waals surface area (Å²) in [6.07, 6.45) is -1.01. The fourth-order valence-corrected chi connectivity index (χ4v) is 4.07. The number of aromatic nitrogens is 4. The van der Waals surface area contributed by atoms with Crippen LogP contribution in [0.25, 0.3) is 11.1 Å². The average Bonchev–Trinajstić information content (AvgIpc) is 3.24. The van der Waals surface area contributed by atoms with Crippen molar-refractivity contribution in [3.63, 3.8) is 0 Å². The summed E-state index contributed by atoms with van der Waals surface area (Å²) in [5, 5.41) is 3.17. The first-order valence-corrected chi connectivity index (χ1v) is 12.0. The highest BCUT2D eigenvalue weighted by atomic mass is 19.4. The van der Waals surface area contributed by atoms with Gasteiger partial charge in [0.05, 0.1) is 23.4 Å². The van der Waals surface area contributed by atoms with E-state index >= 15 is 0 Å². The predicted molar refractivity (Wildman–Crippen MR) is 134 cm³/mol. The number of pyridine rings is 2. The number of rotatable bonds is 7. The fraction of sp³-hybridized carbons (Fsp3) is 0.423. The van der Waals surface area contributed by atoms with Gasteiger partial charge in [-0.15, -0.1) is 0 Å². The lowest BCUT2D eigenvalue weighted by atomic mass is 10.1. The van der Waals surface area contributed by atoms with Crippen molar-refractivity contribution in [2.45, 2.75) is 64.6 Å². The number of cyclic esters (lactones) is 1. The number of carbonyl (C=O) groups is 1. The van der Waals surface area contributed by atoms with Crippen molar-refractivity contribution in [1.29, 1.82) is 0 Å². The van der Waals surface area contributed by atoms with Crippen LogP contribution in [0.2, 0.25) is 0 Å². The van der Waals surface area contributed by atoms with Gasteiger partial charge >= 0.3 is 12.3 Å². The second-order valence-electron chi connectivity index (χ2n) is 9.96. The van der Waals surface area contributed by atoms with Gasteiger partial charge < -0.3 is 14.8 Å². The highest BCUT2D eigenvalue weighted by Gasteiger charge is 2.40. The highest BCUT2D eigenvalue weighted by Crippen LogP contribution is 2.30. The van der Waals surface area contributed by atoms with Crippen LogP contribution in [0.4, 0.5) is 29.7 Å². The molecule has 3 aromatic rings. The van der Waals surface area contributed by atoms with E-state index in [-0.39, 0.29) is 30.7 Å². The van der Waals surface area contributed by atoms with Crippen molar-refractivity contribution in [3.8, 4) is 11.1 Å². The van der Waals surface area contributed by atoms with Crippen molar-refractivity contribution in [2.24, 2.45) is 0 Å². The molecule has 0 spiro atoms. The Balaban J connectivity index is 1.46. The maximum Gasteiger partial charge on any atom is 0.433 e. The molecule has 12 heteroatoms. The topological polar surface area (TPSA) is 102 Å². The van der Waals surface area contributed by atoms with Gasteiger partial charge in [-0.2, -0.15) is 18.2 Å². The van der Waals surface area contributed by atoms with Crippen molar-refractivity contribution in [2.75, 3.05) is 16.8 Å². The zero-order valence-electron chi connectivity index (χ0n) is 21.7. The van der Waals surface area contributed by atoms with Crippen molar-refractivity contribution < 1.29 is 27.4 Å². The summed E-state index contributed by atoms with van der Waals surface area (Å²) < 4.78 is 49.6. The minimum absolute atomic E-state index is 0.184. The molecule has 202 valence electrons. The van der Waals surface area contributed by atoms with Crippen molar-refractivity contribution >= 4 is 17.9 Å². The molecule has 9 nitrogen and oxygen atoms in total. The molecule has 1 aliphatic heterocycles. The third kappa shape index (κ3) is 6.36. The molecule has 1 fully saturated rings. The van der Waals surface area contributed by atoms with Crippen LogP contribution in [0.15, 0.2) is 48.9 Å². The van der Waals surface area contributed by atoms with Crippen LogP contribution in [-0.2, 0) is 15.7 Å². The molecule has 0 unspecified atom stereocenters. The summed E-state index contributed by atoms with van der Waals surface area (Å²) in [6, 6.07) is 6.78. The van der Waals surface area contributed by atoms with Crippen LogP contribution in [0.5, 0.6) is 0 Å². The first-order chi connectivity index (χ1) is 17.8. The summed E-state index contributed by atoms with van der Waals surface area (Å²) in [7, 11) is 0. The number of carbonyl (C=O) groups excluding carboxylic acids is 1. The molecule has 3 atom stereocenters. The van der Waals surface area contributed by atoms with Crippen LogP contribution in [-0.4, -0.2) is 50.4 Å². The molecule has 0 bridgehead atoms. The van der Waals surface area contributed by atoms with E-state index in [2.05, 4.69) is 25.3 Å². The average molecular weight is 531 g/mol. The highest BCUT2D eigenvalue weighted by molar-refractivity contribution is 5.89. The van der Waals surface area contributed by atoms with Gasteiger partial charge in [0.2, 0.25) is 5.95 Å². The van der Waals surface area contributed by atoms with Gasteiger partial charge in [-0.3, -0.25) is 14.9 Å². The van der Waals surface area contributed by atoms with Crippen LogP contribution < -0.4 is 10.2 Å². The van der Waals surface area contributed by atoms with E-state index in [0.29, 0.717) is 22.6 Å². The van der Waals surface area contributed by atoms with E-state index in [9.17, 15) is 18.0 Å². The van der Waals surface area contributed by atoms with Gasteiger partial charge in [0.15, 0.2) is 0 Å². The van der Waals surface area contributed by atoms with Crippen molar-refractivity contribution in [3.05, 3.63) is 60.3 Å². The summed E-state index contributed by atoms with van der Waals surface area (Å²) in [5.74, 6) is 0.667. The number of amides is 1. The molecule has 38 heavy (non-hydrogen) atoms. The Kier molecular flexibility index (Phi) is 7.54.